The summed E-state index contributed by atoms with van der Waals surface area (Å²) in [5.74, 6) is 0.272. The van der Waals surface area contributed by atoms with Crippen molar-refractivity contribution in [2.45, 2.75) is 18.6 Å². The van der Waals surface area contributed by atoms with Gasteiger partial charge in [0.2, 0.25) is 5.91 Å². The van der Waals surface area contributed by atoms with Crippen molar-refractivity contribution in [3.63, 3.8) is 0 Å². The van der Waals surface area contributed by atoms with Crippen LogP contribution in [0.3, 0.4) is 0 Å². The average Bonchev–Trinajstić information content (AvgIpc) is 3.23. The minimum absolute atomic E-state index is 0.0856. The summed E-state index contributed by atoms with van der Waals surface area (Å²) in [7, 11) is 0. The van der Waals surface area contributed by atoms with Gasteiger partial charge in [0, 0.05) is 31.3 Å². The zero-order valence-corrected chi connectivity index (χ0v) is 16.4. The van der Waals surface area contributed by atoms with Crippen LogP contribution in [0.1, 0.15) is 22.3 Å². The maximum atomic E-state index is 13.2. The summed E-state index contributed by atoms with van der Waals surface area (Å²) in [5.41, 5.74) is 0.919. The van der Waals surface area contributed by atoms with E-state index in [1.165, 1.54) is 0 Å². The van der Waals surface area contributed by atoms with Crippen molar-refractivity contribution in [2.24, 2.45) is 0 Å². The molecule has 1 aromatic carbocycles. The van der Waals surface area contributed by atoms with Crippen LogP contribution in [0.4, 0.5) is 0 Å². The first-order valence-corrected chi connectivity index (χ1v) is 9.90. The normalized spacial score (nSPS) is 21.2. The van der Waals surface area contributed by atoms with Crippen LogP contribution in [0.5, 0.6) is 5.75 Å². The molecule has 4 rings (SSSR count). The summed E-state index contributed by atoms with van der Waals surface area (Å²) >= 11 is 0. The van der Waals surface area contributed by atoms with Crippen LogP contribution in [0.25, 0.3) is 0 Å². The number of nitriles is 1. The Hall–Kier alpha value is -3.44. The second-order valence-electron chi connectivity index (χ2n) is 7.26. The number of hydrogen-bond donors (Lipinski definition) is 0. The molecule has 0 saturated carbocycles. The van der Waals surface area contributed by atoms with Gasteiger partial charge in [-0.15, -0.1) is 0 Å². The van der Waals surface area contributed by atoms with Gasteiger partial charge in [0.15, 0.2) is 0 Å². The average molecular weight is 406 g/mol. The molecule has 2 amide bonds. The highest BCUT2D eigenvalue weighted by Gasteiger charge is 2.43. The van der Waals surface area contributed by atoms with Crippen LogP contribution in [-0.2, 0) is 9.53 Å². The Morgan fingerprint density at radius 1 is 1.17 bits per heavy atom. The van der Waals surface area contributed by atoms with Crippen molar-refractivity contribution >= 4 is 11.8 Å². The molecule has 2 aromatic rings. The van der Waals surface area contributed by atoms with E-state index in [4.69, 9.17) is 14.7 Å². The van der Waals surface area contributed by atoms with Crippen molar-refractivity contribution in [1.29, 1.82) is 5.26 Å². The van der Waals surface area contributed by atoms with E-state index in [-0.39, 0.29) is 17.9 Å². The lowest BCUT2D eigenvalue weighted by atomic mass is 10.1. The molecule has 2 fully saturated rings. The highest BCUT2D eigenvalue weighted by molar-refractivity contribution is 5.98. The van der Waals surface area contributed by atoms with Gasteiger partial charge in [-0.2, -0.15) is 5.26 Å². The summed E-state index contributed by atoms with van der Waals surface area (Å²) in [4.78, 5) is 33.8. The number of nitrogens with zero attached hydrogens (tertiary/aromatic N) is 4. The summed E-state index contributed by atoms with van der Waals surface area (Å²) in [6.07, 6.45) is 3.37. The Kier molecular flexibility index (Phi) is 5.91. The fourth-order valence-corrected chi connectivity index (χ4v) is 3.80. The lowest BCUT2D eigenvalue weighted by Gasteiger charge is -2.32. The van der Waals surface area contributed by atoms with Crippen molar-refractivity contribution in [2.75, 3.05) is 32.8 Å². The maximum Gasteiger partial charge on any atom is 0.254 e. The van der Waals surface area contributed by atoms with Gasteiger partial charge in [-0.3, -0.25) is 14.6 Å². The number of carbonyl (C=O) groups excluding carboxylic acids is 2. The fraction of sp³-hybridized carbons (Fsp3) is 0.364. The topological polar surface area (TPSA) is 95.8 Å². The molecule has 2 atom stereocenters. The summed E-state index contributed by atoms with van der Waals surface area (Å²) in [5, 5.41) is 8.99. The van der Waals surface area contributed by atoms with E-state index < -0.39 is 6.04 Å². The van der Waals surface area contributed by atoms with Crippen molar-refractivity contribution < 1.29 is 19.1 Å². The summed E-state index contributed by atoms with van der Waals surface area (Å²) < 4.78 is 11.3. The third kappa shape index (κ3) is 4.26. The third-order valence-electron chi connectivity index (χ3n) is 5.33. The van der Waals surface area contributed by atoms with Gasteiger partial charge < -0.3 is 19.3 Å². The quantitative estimate of drug-likeness (QED) is 0.763. The van der Waals surface area contributed by atoms with E-state index in [9.17, 15) is 9.59 Å². The minimum atomic E-state index is -0.604. The highest BCUT2D eigenvalue weighted by Crippen LogP contribution is 2.26. The predicted molar refractivity (Wildman–Crippen MR) is 107 cm³/mol. The lowest BCUT2D eigenvalue weighted by Crippen LogP contribution is -2.51. The molecule has 8 heteroatoms. The Morgan fingerprint density at radius 3 is 2.60 bits per heavy atom. The smallest absolute Gasteiger partial charge is 0.254 e. The zero-order valence-electron chi connectivity index (χ0n) is 16.4. The molecule has 2 saturated heterocycles. The molecule has 0 bridgehead atoms. The Bertz CT molecular complexity index is 936. The number of benzene rings is 1. The van der Waals surface area contributed by atoms with Crippen LogP contribution in [0.2, 0.25) is 0 Å². The van der Waals surface area contributed by atoms with Gasteiger partial charge in [0.1, 0.15) is 17.9 Å². The largest absolute Gasteiger partial charge is 0.487 e. The van der Waals surface area contributed by atoms with Crippen molar-refractivity contribution in [1.82, 2.24) is 14.8 Å². The number of carbonyl (C=O) groups is 2. The standard InChI is InChI=1S/C22H22N4O4/c23-13-16-3-5-17(6-4-16)21(27)26-15-19(30-18-2-1-7-24-14-18)12-20(26)22(28)25-8-10-29-11-9-25/h1-7,14,19-20H,8-12,15H2/t19-,20-/m0/s1. The molecule has 0 aliphatic carbocycles. The maximum absolute atomic E-state index is 13.2. The molecule has 30 heavy (non-hydrogen) atoms. The monoisotopic (exact) mass is 406 g/mol. The number of morpholine rings is 1. The number of likely N-dealkylation sites (tertiary alicyclic amines) is 1. The number of ether oxygens (including phenoxy) is 2. The van der Waals surface area contributed by atoms with E-state index >= 15 is 0 Å². The highest BCUT2D eigenvalue weighted by atomic mass is 16.5. The lowest BCUT2D eigenvalue weighted by molar-refractivity contribution is -0.139. The van der Waals surface area contributed by atoms with Gasteiger partial charge >= 0.3 is 0 Å². The van der Waals surface area contributed by atoms with Crippen molar-refractivity contribution in [3.05, 3.63) is 59.9 Å². The minimum Gasteiger partial charge on any atom is -0.487 e. The molecule has 0 radical (unpaired) electrons. The van der Waals surface area contributed by atoms with E-state index in [1.807, 2.05) is 6.07 Å². The van der Waals surface area contributed by atoms with Gasteiger partial charge in [0.25, 0.3) is 5.91 Å². The van der Waals surface area contributed by atoms with Gasteiger partial charge in [-0.1, -0.05) is 0 Å². The first-order valence-electron chi connectivity index (χ1n) is 9.90. The van der Waals surface area contributed by atoms with E-state index in [0.717, 1.165) is 0 Å². The van der Waals surface area contributed by atoms with E-state index in [1.54, 1.807) is 58.6 Å². The number of hydrogen-bond acceptors (Lipinski definition) is 6. The molecular weight excluding hydrogens is 384 g/mol. The van der Waals surface area contributed by atoms with Crippen LogP contribution >= 0.6 is 0 Å². The van der Waals surface area contributed by atoms with Crippen LogP contribution < -0.4 is 4.74 Å². The Labute approximate surface area is 174 Å². The molecule has 3 heterocycles. The molecule has 2 aliphatic heterocycles. The SMILES string of the molecule is N#Cc1ccc(C(=O)N2C[C@@H](Oc3cccnc3)C[C@H]2C(=O)N2CCOCC2)cc1. The Morgan fingerprint density at radius 2 is 1.93 bits per heavy atom. The summed E-state index contributed by atoms with van der Waals surface area (Å²) in [6, 6.07) is 11.5. The molecule has 0 spiro atoms. The zero-order chi connectivity index (χ0) is 20.9. The molecule has 154 valence electrons. The number of amides is 2. The van der Waals surface area contributed by atoms with Crippen LogP contribution in [0.15, 0.2) is 48.8 Å². The van der Waals surface area contributed by atoms with E-state index in [0.29, 0.717) is 56.1 Å². The van der Waals surface area contributed by atoms with Crippen LogP contribution in [-0.4, -0.2) is 71.6 Å². The molecule has 8 nitrogen and oxygen atoms in total. The number of pyridine rings is 1. The first kappa shape index (κ1) is 19.9. The summed E-state index contributed by atoms with van der Waals surface area (Å²) in [6.45, 7) is 2.33. The molecule has 0 unspecified atom stereocenters. The molecule has 2 aliphatic rings. The first-order chi connectivity index (χ1) is 14.7. The van der Waals surface area contributed by atoms with Gasteiger partial charge in [0.05, 0.1) is 37.6 Å². The predicted octanol–water partition coefficient (Wildman–Crippen LogP) is 1.47. The van der Waals surface area contributed by atoms with Crippen LogP contribution in [0, 0.1) is 11.3 Å². The number of rotatable bonds is 4. The third-order valence-corrected chi connectivity index (χ3v) is 5.33. The van der Waals surface area contributed by atoms with Crippen molar-refractivity contribution in [3.8, 4) is 11.8 Å². The van der Waals surface area contributed by atoms with E-state index in [2.05, 4.69) is 4.98 Å². The Balaban J connectivity index is 1.55. The second-order valence-corrected chi connectivity index (χ2v) is 7.26. The second kappa shape index (κ2) is 8.93. The number of aromatic nitrogens is 1. The molecule has 1 aromatic heterocycles. The molecular formula is C22H22N4O4. The van der Waals surface area contributed by atoms with Gasteiger partial charge in [-0.05, 0) is 36.4 Å². The fourth-order valence-electron chi connectivity index (χ4n) is 3.80. The van der Waals surface area contributed by atoms with Gasteiger partial charge in [-0.25, -0.2) is 0 Å². The molecule has 0 N–H and O–H groups in total.